The molecule has 0 spiro atoms. The van der Waals surface area contributed by atoms with Gasteiger partial charge < -0.3 is 5.73 Å². The molecule has 8 heteroatoms. The van der Waals surface area contributed by atoms with Crippen LogP contribution in [0, 0.1) is 5.41 Å². The summed E-state index contributed by atoms with van der Waals surface area (Å²) in [4.78, 5) is 29.0. The molecule has 1 fully saturated rings. The molecule has 0 aliphatic carbocycles. The van der Waals surface area contributed by atoms with E-state index in [1.165, 1.54) is 11.3 Å². The maximum atomic E-state index is 11.4. The number of nitrogens with one attached hydrogen (secondary N) is 1. The lowest BCUT2D eigenvalue weighted by Crippen LogP contribution is -2.37. The first-order chi connectivity index (χ1) is 8.94. The summed E-state index contributed by atoms with van der Waals surface area (Å²) in [5, 5.41) is 2.17. The van der Waals surface area contributed by atoms with E-state index in [1.54, 1.807) is 0 Å². The van der Waals surface area contributed by atoms with Gasteiger partial charge in [-0.25, -0.2) is 10.8 Å². The quantitative estimate of drug-likeness (QED) is 0.389. The predicted molar refractivity (Wildman–Crippen MR) is 71.0 cm³/mol. The van der Waals surface area contributed by atoms with Crippen molar-refractivity contribution in [2.24, 2.45) is 17.0 Å². The molecule has 0 aromatic carbocycles. The van der Waals surface area contributed by atoms with Gasteiger partial charge in [0.15, 0.2) is 5.01 Å². The number of amides is 2. The highest BCUT2D eigenvalue weighted by atomic mass is 32.1. The number of nitrogens with two attached hydrogens (primary N) is 2. The summed E-state index contributed by atoms with van der Waals surface area (Å²) < 4.78 is 0. The highest BCUT2D eigenvalue weighted by Crippen LogP contribution is 2.30. The van der Waals surface area contributed by atoms with Crippen LogP contribution in [0.4, 0.5) is 0 Å². The van der Waals surface area contributed by atoms with Crippen LogP contribution in [-0.4, -0.2) is 34.8 Å². The minimum absolute atomic E-state index is 0.267. The van der Waals surface area contributed by atoms with Crippen LogP contribution in [-0.2, 0) is 11.3 Å². The Morgan fingerprint density at radius 1 is 1.63 bits per heavy atom. The van der Waals surface area contributed by atoms with Crippen molar-refractivity contribution in [2.45, 2.75) is 19.9 Å². The SMILES string of the molecule is CC1(C(N)=O)CCN(Cc2csc(C(=O)NN)n2)C1. The van der Waals surface area contributed by atoms with Gasteiger partial charge in [-0.3, -0.25) is 19.9 Å². The third kappa shape index (κ3) is 2.91. The molecule has 0 bridgehead atoms. The summed E-state index contributed by atoms with van der Waals surface area (Å²) >= 11 is 1.25. The zero-order valence-electron chi connectivity index (χ0n) is 10.7. The van der Waals surface area contributed by atoms with Gasteiger partial charge in [0, 0.05) is 18.5 Å². The Morgan fingerprint density at radius 2 is 2.37 bits per heavy atom. The average Bonchev–Trinajstić information content (AvgIpc) is 2.97. The lowest BCUT2D eigenvalue weighted by molar-refractivity contribution is -0.126. The maximum absolute atomic E-state index is 11.4. The number of hydrazine groups is 1. The number of nitrogens with zero attached hydrogens (tertiary/aromatic N) is 2. The first kappa shape index (κ1) is 13.9. The molecule has 2 amide bonds. The molecule has 7 nitrogen and oxygen atoms in total. The van der Waals surface area contributed by atoms with E-state index in [9.17, 15) is 9.59 Å². The number of hydrogen-bond acceptors (Lipinski definition) is 6. The first-order valence-electron chi connectivity index (χ1n) is 5.92. The number of hydrogen-bond donors (Lipinski definition) is 3. The Bertz CT molecular complexity index is 503. The van der Waals surface area contributed by atoms with Crippen LogP contribution in [0.25, 0.3) is 0 Å². The van der Waals surface area contributed by atoms with E-state index in [2.05, 4.69) is 15.3 Å². The third-order valence-electron chi connectivity index (χ3n) is 3.41. The van der Waals surface area contributed by atoms with Crippen molar-refractivity contribution in [3.8, 4) is 0 Å². The van der Waals surface area contributed by atoms with Gasteiger partial charge >= 0.3 is 0 Å². The summed E-state index contributed by atoms with van der Waals surface area (Å²) in [7, 11) is 0. The molecule has 1 unspecified atom stereocenters. The average molecular weight is 283 g/mol. The van der Waals surface area contributed by atoms with E-state index in [1.807, 2.05) is 12.3 Å². The van der Waals surface area contributed by atoms with Gasteiger partial charge in [0.1, 0.15) is 0 Å². The fraction of sp³-hybridized carbons (Fsp3) is 0.545. The molecule has 1 aliphatic rings. The number of carbonyl (C=O) groups is 2. The maximum Gasteiger partial charge on any atom is 0.294 e. The number of primary amides is 1. The molecule has 5 N–H and O–H groups in total. The molecular formula is C11H17N5O2S. The van der Waals surface area contributed by atoms with Crippen LogP contribution in [0.2, 0.25) is 0 Å². The van der Waals surface area contributed by atoms with Crippen molar-refractivity contribution in [2.75, 3.05) is 13.1 Å². The van der Waals surface area contributed by atoms with Gasteiger partial charge in [0.2, 0.25) is 5.91 Å². The number of carbonyl (C=O) groups excluding carboxylic acids is 2. The minimum atomic E-state index is -0.465. The Kier molecular flexibility index (Phi) is 3.83. The van der Waals surface area contributed by atoms with Crippen molar-refractivity contribution >= 4 is 23.2 Å². The summed E-state index contributed by atoms with van der Waals surface area (Å²) in [6, 6.07) is 0. The highest BCUT2D eigenvalue weighted by Gasteiger charge is 2.38. The van der Waals surface area contributed by atoms with E-state index in [0.717, 1.165) is 18.7 Å². The molecular weight excluding hydrogens is 266 g/mol. The molecule has 2 rings (SSSR count). The minimum Gasteiger partial charge on any atom is -0.369 e. The topological polar surface area (TPSA) is 114 Å². The van der Waals surface area contributed by atoms with Crippen LogP contribution < -0.4 is 17.0 Å². The lowest BCUT2D eigenvalue weighted by atomic mass is 9.89. The summed E-state index contributed by atoms with van der Waals surface area (Å²) in [6.45, 7) is 3.91. The molecule has 1 aliphatic heterocycles. The third-order valence-corrected chi connectivity index (χ3v) is 4.30. The van der Waals surface area contributed by atoms with E-state index in [4.69, 9.17) is 11.6 Å². The normalized spacial score (nSPS) is 23.5. The molecule has 0 saturated carbocycles. The van der Waals surface area contributed by atoms with Crippen molar-refractivity contribution in [1.29, 1.82) is 0 Å². The molecule has 0 radical (unpaired) electrons. The standard InChI is InChI=1S/C11H17N5O2S/c1-11(10(12)18)2-3-16(6-11)4-7-5-19-9(14-7)8(17)15-13/h5H,2-4,6,13H2,1H3,(H2,12,18)(H,15,17). The largest absolute Gasteiger partial charge is 0.369 e. The van der Waals surface area contributed by atoms with Crippen LogP contribution in [0.5, 0.6) is 0 Å². The number of thiazole rings is 1. The van der Waals surface area contributed by atoms with E-state index < -0.39 is 5.41 Å². The van der Waals surface area contributed by atoms with Gasteiger partial charge in [-0.15, -0.1) is 11.3 Å². The van der Waals surface area contributed by atoms with Crippen LogP contribution in [0.3, 0.4) is 0 Å². The number of aromatic nitrogens is 1. The summed E-state index contributed by atoms with van der Waals surface area (Å²) in [6.07, 6.45) is 0.753. The van der Waals surface area contributed by atoms with Gasteiger partial charge in [0.05, 0.1) is 11.1 Å². The predicted octanol–water partition coefficient (Wildman–Crippen LogP) is -0.556. The Morgan fingerprint density at radius 3 is 2.95 bits per heavy atom. The zero-order chi connectivity index (χ0) is 14.0. The monoisotopic (exact) mass is 283 g/mol. The van der Waals surface area contributed by atoms with E-state index >= 15 is 0 Å². The Balaban J connectivity index is 1.98. The number of nitrogen functional groups attached to an aromatic ring is 1. The van der Waals surface area contributed by atoms with Crippen molar-refractivity contribution in [3.05, 3.63) is 16.1 Å². The zero-order valence-corrected chi connectivity index (χ0v) is 11.5. The van der Waals surface area contributed by atoms with Gasteiger partial charge in [-0.1, -0.05) is 0 Å². The van der Waals surface area contributed by atoms with E-state index in [0.29, 0.717) is 18.1 Å². The van der Waals surface area contributed by atoms with E-state index in [-0.39, 0.29) is 11.8 Å². The van der Waals surface area contributed by atoms with Gasteiger partial charge in [-0.2, -0.15) is 0 Å². The smallest absolute Gasteiger partial charge is 0.294 e. The molecule has 104 valence electrons. The number of likely N-dealkylation sites (tertiary alicyclic amines) is 1. The second-order valence-corrected chi connectivity index (χ2v) is 5.86. The summed E-state index contributed by atoms with van der Waals surface area (Å²) in [5.41, 5.74) is 7.79. The number of rotatable bonds is 4. The summed E-state index contributed by atoms with van der Waals surface area (Å²) in [5.74, 6) is 4.39. The van der Waals surface area contributed by atoms with Crippen LogP contribution in [0.15, 0.2) is 5.38 Å². The fourth-order valence-electron chi connectivity index (χ4n) is 2.17. The van der Waals surface area contributed by atoms with Crippen molar-refractivity contribution in [1.82, 2.24) is 15.3 Å². The second kappa shape index (κ2) is 5.24. The highest BCUT2D eigenvalue weighted by molar-refractivity contribution is 7.11. The van der Waals surface area contributed by atoms with Crippen LogP contribution >= 0.6 is 11.3 Å². The molecule has 1 atom stereocenters. The van der Waals surface area contributed by atoms with Crippen molar-refractivity contribution < 1.29 is 9.59 Å². The van der Waals surface area contributed by atoms with Crippen LogP contribution in [0.1, 0.15) is 28.8 Å². The Labute approximate surface area is 114 Å². The molecule has 19 heavy (non-hydrogen) atoms. The Hall–Kier alpha value is -1.51. The molecule has 1 aromatic rings. The second-order valence-electron chi connectivity index (χ2n) is 5.00. The van der Waals surface area contributed by atoms with Gasteiger partial charge in [0.25, 0.3) is 5.91 Å². The molecule has 2 heterocycles. The fourth-order valence-corrected chi connectivity index (χ4v) is 2.88. The van der Waals surface area contributed by atoms with Gasteiger partial charge in [-0.05, 0) is 19.9 Å². The lowest BCUT2D eigenvalue weighted by Gasteiger charge is -2.20. The first-order valence-corrected chi connectivity index (χ1v) is 6.80. The molecule has 1 aromatic heterocycles. The molecule has 1 saturated heterocycles. The van der Waals surface area contributed by atoms with Crippen molar-refractivity contribution in [3.63, 3.8) is 0 Å².